The number of hydrogen-bond acceptors (Lipinski definition) is 2. The second kappa shape index (κ2) is 7.49. The highest BCUT2D eigenvalue weighted by Gasteiger charge is 2.24. The van der Waals surface area contributed by atoms with Gasteiger partial charge >= 0.3 is 0 Å². The van der Waals surface area contributed by atoms with Crippen molar-refractivity contribution in [3.8, 4) is 0 Å². The molecule has 0 spiro atoms. The van der Waals surface area contributed by atoms with Gasteiger partial charge in [-0.3, -0.25) is 0 Å². The molecule has 0 amide bonds. The van der Waals surface area contributed by atoms with Crippen molar-refractivity contribution in [1.29, 1.82) is 0 Å². The van der Waals surface area contributed by atoms with E-state index in [9.17, 15) is 0 Å². The van der Waals surface area contributed by atoms with E-state index in [0.717, 1.165) is 6.54 Å². The molecule has 1 aromatic heterocycles. The van der Waals surface area contributed by atoms with E-state index in [4.69, 9.17) is 0 Å². The number of rotatable bonds is 8. The third kappa shape index (κ3) is 3.84. The SMILES string of the molecule is CCCC(CCC)C(NCC)c1nccn1C. The molecule has 0 radical (unpaired) electrons. The number of aromatic nitrogens is 2. The van der Waals surface area contributed by atoms with E-state index in [0.29, 0.717) is 12.0 Å². The molecule has 0 fully saturated rings. The van der Waals surface area contributed by atoms with Gasteiger partial charge in [0.15, 0.2) is 0 Å². The first-order chi connectivity index (χ1) is 8.24. The molecule has 0 aromatic carbocycles. The van der Waals surface area contributed by atoms with E-state index >= 15 is 0 Å². The molecule has 98 valence electrons. The molecule has 0 bridgehead atoms. The Balaban J connectivity index is 2.85. The molecular weight excluding hydrogens is 210 g/mol. The fourth-order valence-electron chi connectivity index (χ4n) is 2.58. The van der Waals surface area contributed by atoms with Gasteiger partial charge in [-0.15, -0.1) is 0 Å². The van der Waals surface area contributed by atoms with Gasteiger partial charge in [-0.1, -0.05) is 33.6 Å². The van der Waals surface area contributed by atoms with Gasteiger partial charge in [-0.05, 0) is 25.3 Å². The zero-order chi connectivity index (χ0) is 12.7. The molecule has 3 nitrogen and oxygen atoms in total. The van der Waals surface area contributed by atoms with Crippen molar-refractivity contribution in [1.82, 2.24) is 14.9 Å². The summed E-state index contributed by atoms with van der Waals surface area (Å²) in [5.74, 6) is 1.88. The Kier molecular flexibility index (Phi) is 6.27. The summed E-state index contributed by atoms with van der Waals surface area (Å²) in [5, 5.41) is 3.61. The van der Waals surface area contributed by atoms with Gasteiger partial charge in [0.05, 0.1) is 6.04 Å². The van der Waals surface area contributed by atoms with Crippen molar-refractivity contribution >= 4 is 0 Å². The van der Waals surface area contributed by atoms with Gasteiger partial charge in [-0.25, -0.2) is 4.98 Å². The van der Waals surface area contributed by atoms with Gasteiger partial charge in [0.1, 0.15) is 5.82 Å². The summed E-state index contributed by atoms with van der Waals surface area (Å²) in [6.07, 6.45) is 8.98. The Morgan fingerprint density at radius 1 is 1.24 bits per heavy atom. The Bertz CT molecular complexity index is 300. The number of imidazole rings is 1. The molecule has 1 heterocycles. The van der Waals surface area contributed by atoms with Crippen LogP contribution in [0.5, 0.6) is 0 Å². The van der Waals surface area contributed by atoms with Crippen LogP contribution in [0.25, 0.3) is 0 Å². The fourth-order valence-corrected chi connectivity index (χ4v) is 2.58. The van der Waals surface area contributed by atoms with Crippen LogP contribution in [-0.2, 0) is 7.05 Å². The van der Waals surface area contributed by atoms with Crippen LogP contribution in [0, 0.1) is 5.92 Å². The summed E-state index contributed by atoms with van der Waals surface area (Å²) in [4.78, 5) is 4.52. The molecular formula is C14H27N3. The Labute approximate surface area is 106 Å². The molecule has 0 aliphatic rings. The molecule has 0 saturated carbocycles. The first kappa shape index (κ1) is 14.2. The van der Waals surface area contributed by atoms with E-state index in [-0.39, 0.29) is 0 Å². The molecule has 17 heavy (non-hydrogen) atoms. The van der Waals surface area contributed by atoms with Crippen molar-refractivity contribution in [2.75, 3.05) is 6.54 Å². The zero-order valence-corrected chi connectivity index (χ0v) is 11.7. The van der Waals surface area contributed by atoms with Crippen LogP contribution >= 0.6 is 0 Å². The van der Waals surface area contributed by atoms with Crippen molar-refractivity contribution in [2.45, 2.75) is 52.5 Å². The highest BCUT2D eigenvalue weighted by atomic mass is 15.1. The number of aryl methyl sites for hydroxylation is 1. The van der Waals surface area contributed by atoms with E-state index in [1.807, 2.05) is 12.4 Å². The summed E-state index contributed by atoms with van der Waals surface area (Å²) < 4.78 is 2.14. The van der Waals surface area contributed by atoms with Gasteiger partial charge in [0.25, 0.3) is 0 Å². The molecule has 1 rings (SSSR count). The normalized spacial score (nSPS) is 13.2. The molecule has 0 saturated heterocycles. The van der Waals surface area contributed by atoms with E-state index in [2.05, 4.69) is 42.7 Å². The van der Waals surface area contributed by atoms with Crippen LogP contribution in [0.2, 0.25) is 0 Å². The lowest BCUT2D eigenvalue weighted by Gasteiger charge is -2.27. The zero-order valence-electron chi connectivity index (χ0n) is 11.7. The summed E-state index contributed by atoms with van der Waals surface area (Å²) in [5.41, 5.74) is 0. The maximum Gasteiger partial charge on any atom is 0.125 e. The maximum atomic E-state index is 4.52. The molecule has 1 unspecified atom stereocenters. The summed E-state index contributed by atoms with van der Waals surface area (Å²) in [6, 6.07) is 0.403. The lowest BCUT2D eigenvalue weighted by atomic mass is 9.89. The van der Waals surface area contributed by atoms with Gasteiger partial charge in [-0.2, -0.15) is 0 Å². The van der Waals surface area contributed by atoms with Crippen molar-refractivity contribution < 1.29 is 0 Å². The summed E-state index contributed by atoms with van der Waals surface area (Å²) in [6.45, 7) is 7.71. The average Bonchev–Trinajstić information content (AvgIpc) is 2.72. The molecule has 1 N–H and O–H groups in total. The Morgan fingerprint density at radius 3 is 2.29 bits per heavy atom. The summed E-state index contributed by atoms with van der Waals surface area (Å²) >= 11 is 0. The van der Waals surface area contributed by atoms with E-state index in [1.54, 1.807) is 0 Å². The van der Waals surface area contributed by atoms with Crippen molar-refractivity contribution in [3.05, 3.63) is 18.2 Å². The highest BCUT2D eigenvalue weighted by Crippen LogP contribution is 2.28. The molecule has 1 aromatic rings. The topological polar surface area (TPSA) is 29.9 Å². The Hall–Kier alpha value is -0.830. The maximum absolute atomic E-state index is 4.52. The van der Waals surface area contributed by atoms with Gasteiger partial charge in [0.2, 0.25) is 0 Å². The van der Waals surface area contributed by atoms with Gasteiger partial charge < -0.3 is 9.88 Å². The van der Waals surface area contributed by atoms with Gasteiger partial charge in [0, 0.05) is 19.4 Å². The lowest BCUT2D eigenvalue weighted by Crippen LogP contribution is -2.30. The molecule has 3 heteroatoms. The quantitative estimate of drug-likeness (QED) is 0.752. The third-order valence-corrected chi connectivity index (χ3v) is 3.35. The number of nitrogens with one attached hydrogen (secondary N) is 1. The van der Waals surface area contributed by atoms with Crippen LogP contribution in [0.3, 0.4) is 0 Å². The van der Waals surface area contributed by atoms with Crippen molar-refractivity contribution in [3.63, 3.8) is 0 Å². The molecule has 0 aliphatic heterocycles. The fraction of sp³-hybridized carbons (Fsp3) is 0.786. The minimum Gasteiger partial charge on any atom is -0.337 e. The van der Waals surface area contributed by atoms with E-state index in [1.165, 1.54) is 31.5 Å². The minimum atomic E-state index is 0.403. The molecule has 1 atom stereocenters. The molecule has 0 aliphatic carbocycles. The van der Waals surface area contributed by atoms with Crippen LogP contribution in [0.15, 0.2) is 12.4 Å². The van der Waals surface area contributed by atoms with Crippen LogP contribution < -0.4 is 5.32 Å². The number of hydrogen-bond donors (Lipinski definition) is 1. The smallest absolute Gasteiger partial charge is 0.125 e. The Morgan fingerprint density at radius 2 is 1.88 bits per heavy atom. The number of nitrogens with zero attached hydrogens (tertiary/aromatic N) is 2. The predicted octanol–water partition coefficient (Wildman–Crippen LogP) is 3.29. The largest absolute Gasteiger partial charge is 0.337 e. The van der Waals surface area contributed by atoms with E-state index < -0.39 is 0 Å². The average molecular weight is 237 g/mol. The highest BCUT2D eigenvalue weighted by molar-refractivity contribution is 5.01. The summed E-state index contributed by atoms with van der Waals surface area (Å²) in [7, 11) is 2.08. The van der Waals surface area contributed by atoms with Crippen LogP contribution in [-0.4, -0.2) is 16.1 Å². The second-order valence-electron chi connectivity index (χ2n) is 4.77. The standard InChI is InChI=1S/C14H27N3/c1-5-8-12(9-6-2)13(15-7-3)14-16-10-11-17(14)4/h10-13,15H,5-9H2,1-4H3. The van der Waals surface area contributed by atoms with Crippen LogP contribution in [0.1, 0.15) is 58.3 Å². The van der Waals surface area contributed by atoms with Crippen molar-refractivity contribution in [2.24, 2.45) is 13.0 Å². The predicted molar refractivity (Wildman–Crippen MR) is 72.9 cm³/mol. The monoisotopic (exact) mass is 237 g/mol. The first-order valence-electron chi connectivity index (χ1n) is 6.95. The lowest BCUT2D eigenvalue weighted by molar-refractivity contribution is 0.304. The third-order valence-electron chi connectivity index (χ3n) is 3.35. The second-order valence-corrected chi connectivity index (χ2v) is 4.77. The van der Waals surface area contributed by atoms with Crippen LogP contribution in [0.4, 0.5) is 0 Å². The first-order valence-corrected chi connectivity index (χ1v) is 6.95. The minimum absolute atomic E-state index is 0.403.